The third-order valence-electron chi connectivity index (χ3n) is 6.32. The molecular formula is C19H34O16. The average Bonchev–Trinajstić information content (AvgIpc) is 2.84. The van der Waals surface area contributed by atoms with Crippen LogP contribution in [0.5, 0.6) is 0 Å². The highest BCUT2D eigenvalue weighted by Gasteiger charge is 2.51. The quantitative estimate of drug-likeness (QED) is 0.143. The van der Waals surface area contributed by atoms with Gasteiger partial charge in [0, 0.05) is 7.11 Å². The van der Waals surface area contributed by atoms with E-state index in [9.17, 15) is 51.1 Å². The van der Waals surface area contributed by atoms with Gasteiger partial charge in [0.15, 0.2) is 18.9 Å². The van der Waals surface area contributed by atoms with E-state index in [4.69, 9.17) is 28.4 Å². The summed E-state index contributed by atoms with van der Waals surface area (Å²) in [7, 11) is 1.20. The van der Waals surface area contributed by atoms with Gasteiger partial charge in [0.1, 0.15) is 73.2 Å². The van der Waals surface area contributed by atoms with E-state index in [-0.39, 0.29) is 0 Å². The summed E-state index contributed by atoms with van der Waals surface area (Å²) in [6.45, 7) is -1.95. The molecule has 3 rings (SSSR count). The molecule has 0 aromatic rings. The lowest BCUT2D eigenvalue weighted by Gasteiger charge is -2.46. The van der Waals surface area contributed by atoms with Crippen LogP contribution < -0.4 is 0 Å². The first-order valence-electron chi connectivity index (χ1n) is 11.0. The van der Waals surface area contributed by atoms with Crippen molar-refractivity contribution < 1.29 is 79.5 Å². The Morgan fingerprint density at radius 2 is 1.17 bits per heavy atom. The normalized spacial score (nSPS) is 51.3. The van der Waals surface area contributed by atoms with Crippen LogP contribution in [0, 0.1) is 0 Å². The molecule has 35 heavy (non-hydrogen) atoms. The van der Waals surface area contributed by atoms with Crippen molar-refractivity contribution >= 4 is 0 Å². The molecule has 3 fully saturated rings. The average molecular weight is 518 g/mol. The predicted molar refractivity (Wildman–Crippen MR) is 106 cm³/mol. The van der Waals surface area contributed by atoms with Crippen LogP contribution >= 0.6 is 0 Å². The number of hydrogen-bond donors (Lipinski definition) is 10. The monoisotopic (exact) mass is 518 g/mol. The molecule has 10 N–H and O–H groups in total. The van der Waals surface area contributed by atoms with Gasteiger partial charge in [-0.2, -0.15) is 0 Å². The fraction of sp³-hybridized carbons (Fsp3) is 1.00. The summed E-state index contributed by atoms with van der Waals surface area (Å²) in [6.07, 6.45) is -23.5. The number of hydrogen-bond acceptors (Lipinski definition) is 16. The molecule has 206 valence electrons. The molecule has 16 heteroatoms. The van der Waals surface area contributed by atoms with Crippen molar-refractivity contribution in [3.63, 3.8) is 0 Å². The highest BCUT2D eigenvalue weighted by Crippen LogP contribution is 2.30. The molecular weight excluding hydrogens is 484 g/mol. The number of aliphatic hydroxyl groups is 10. The van der Waals surface area contributed by atoms with E-state index in [1.807, 2.05) is 0 Å². The lowest BCUT2D eigenvalue weighted by atomic mass is 9.96. The SMILES string of the molecule is CO[C@H]1[C@@H](O)[C@@H](CO)O[C@@H](O[C@@H]2[C@H](O)[C@@H](O)[C@H](O)O[C@@H]2CO[C@@H]2O[C@H](CO)[C@@H](O)[C@H](O)[C@H]2O)[C@@H]1O. The summed E-state index contributed by atoms with van der Waals surface area (Å²) in [5.74, 6) is 0. The van der Waals surface area contributed by atoms with E-state index in [1.165, 1.54) is 7.11 Å². The Morgan fingerprint density at radius 1 is 0.571 bits per heavy atom. The van der Waals surface area contributed by atoms with Crippen molar-refractivity contribution in [3.05, 3.63) is 0 Å². The van der Waals surface area contributed by atoms with Crippen molar-refractivity contribution in [1.29, 1.82) is 0 Å². The van der Waals surface area contributed by atoms with Crippen LogP contribution in [0.4, 0.5) is 0 Å². The molecule has 16 nitrogen and oxygen atoms in total. The van der Waals surface area contributed by atoms with Crippen LogP contribution in [0.15, 0.2) is 0 Å². The Labute approximate surface area is 199 Å². The van der Waals surface area contributed by atoms with Crippen molar-refractivity contribution in [2.45, 2.75) is 92.1 Å². The number of aliphatic hydroxyl groups excluding tert-OH is 10. The smallest absolute Gasteiger partial charge is 0.187 e. The highest BCUT2D eigenvalue weighted by atomic mass is 16.7. The number of rotatable bonds is 8. The summed E-state index contributed by atoms with van der Waals surface area (Å²) in [5.41, 5.74) is 0. The van der Waals surface area contributed by atoms with Gasteiger partial charge >= 0.3 is 0 Å². The second-order valence-corrected chi connectivity index (χ2v) is 8.58. The molecule has 3 aliphatic rings. The fourth-order valence-electron chi connectivity index (χ4n) is 4.22. The van der Waals surface area contributed by atoms with Gasteiger partial charge < -0.3 is 79.5 Å². The predicted octanol–water partition coefficient (Wildman–Crippen LogP) is -6.92. The van der Waals surface area contributed by atoms with E-state index in [1.54, 1.807) is 0 Å². The Morgan fingerprint density at radius 3 is 1.77 bits per heavy atom. The minimum absolute atomic E-state index is 0.587. The third-order valence-corrected chi connectivity index (χ3v) is 6.32. The summed E-state index contributed by atoms with van der Waals surface area (Å²) in [4.78, 5) is 0. The molecule has 0 saturated carbocycles. The standard InChI is InChI=1S/C19H34O16/c1-30-16-9(23)6(3-21)34-19(14(16)28)35-15-7(32-17(29)12(26)11(15)25)4-31-18-13(27)10(24)8(22)5(2-20)33-18/h5-29H,2-4H2,1H3/t5-,6-,7-,8-,9+,10+,11-,12-,13-,14-,15+,16+,17-,18-,19+/m1/s1. The molecule has 0 bridgehead atoms. The van der Waals surface area contributed by atoms with E-state index in [2.05, 4.69) is 0 Å². The molecule has 0 aliphatic carbocycles. The topological polar surface area (TPSA) is 258 Å². The largest absolute Gasteiger partial charge is 0.394 e. The molecule has 15 atom stereocenters. The number of ether oxygens (including phenoxy) is 6. The maximum absolute atomic E-state index is 10.5. The first kappa shape index (κ1) is 28.9. The molecule has 0 spiro atoms. The lowest BCUT2D eigenvalue weighted by Crippen LogP contribution is -2.65. The molecule has 3 saturated heterocycles. The second-order valence-electron chi connectivity index (χ2n) is 8.58. The molecule has 0 amide bonds. The summed E-state index contributed by atoms with van der Waals surface area (Å²) in [5, 5.41) is 99.8. The Hall–Kier alpha value is -0.640. The van der Waals surface area contributed by atoms with Gasteiger partial charge in [-0.3, -0.25) is 0 Å². The first-order valence-corrected chi connectivity index (χ1v) is 11.0. The van der Waals surface area contributed by atoms with Gasteiger partial charge in [0.2, 0.25) is 0 Å². The lowest BCUT2D eigenvalue weighted by molar-refractivity contribution is -0.364. The Balaban J connectivity index is 1.73. The van der Waals surface area contributed by atoms with Crippen LogP contribution in [0.1, 0.15) is 0 Å². The Kier molecular flexibility index (Phi) is 10.1. The minimum Gasteiger partial charge on any atom is -0.394 e. The third kappa shape index (κ3) is 5.93. The van der Waals surface area contributed by atoms with Gasteiger partial charge in [-0.1, -0.05) is 0 Å². The molecule has 0 aromatic carbocycles. The first-order chi connectivity index (χ1) is 16.5. The molecule has 0 aromatic heterocycles. The molecule has 3 heterocycles. The highest BCUT2D eigenvalue weighted by molar-refractivity contribution is 4.95. The molecule has 0 unspecified atom stereocenters. The Bertz CT molecular complexity index is 654. The van der Waals surface area contributed by atoms with Gasteiger partial charge in [-0.15, -0.1) is 0 Å². The molecule has 3 aliphatic heterocycles. The van der Waals surface area contributed by atoms with E-state index in [0.29, 0.717) is 0 Å². The molecule has 0 radical (unpaired) electrons. The zero-order valence-corrected chi connectivity index (χ0v) is 18.7. The second kappa shape index (κ2) is 12.3. The maximum atomic E-state index is 10.5. The van der Waals surface area contributed by atoms with Crippen LogP contribution in [0.25, 0.3) is 0 Å². The van der Waals surface area contributed by atoms with E-state index in [0.717, 1.165) is 0 Å². The zero-order valence-electron chi connectivity index (χ0n) is 18.7. The number of methoxy groups -OCH3 is 1. The van der Waals surface area contributed by atoms with Crippen LogP contribution in [0.3, 0.4) is 0 Å². The fourth-order valence-corrected chi connectivity index (χ4v) is 4.22. The van der Waals surface area contributed by atoms with Crippen LogP contribution in [-0.2, 0) is 28.4 Å². The van der Waals surface area contributed by atoms with Gasteiger partial charge in [-0.25, -0.2) is 0 Å². The van der Waals surface area contributed by atoms with Gasteiger partial charge in [-0.05, 0) is 0 Å². The van der Waals surface area contributed by atoms with Crippen molar-refractivity contribution in [2.75, 3.05) is 26.9 Å². The van der Waals surface area contributed by atoms with Crippen LogP contribution in [-0.4, -0.2) is 170 Å². The minimum atomic E-state index is -1.89. The maximum Gasteiger partial charge on any atom is 0.187 e. The van der Waals surface area contributed by atoms with Crippen molar-refractivity contribution in [1.82, 2.24) is 0 Å². The van der Waals surface area contributed by atoms with Gasteiger partial charge in [0.05, 0.1) is 19.8 Å². The van der Waals surface area contributed by atoms with E-state index < -0.39 is 112 Å². The zero-order chi connectivity index (χ0) is 26.0. The van der Waals surface area contributed by atoms with Gasteiger partial charge in [0.25, 0.3) is 0 Å². The summed E-state index contributed by atoms with van der Waals surface area (Å²) >= 11 is 0. The van der Waals surface area contributed by atoms with E-state index >= 15 is 0 Å². The van der Waals surface area contributed by atoms with Crippen LogP contribution in [0.2, 0.25) is 0 Å². The van der Waals surface area contributed by atoms with Crippen molar-refractivity contribution in [3.8, 4) is 0 Å². The summed E-state index contributed by atoms with van der Waals surface area (Å²) < 4.78 is 31.9. The van der Waals surface area contributed by atoms with Crippen molar-refractivity contribution in [2.24, 2.45) is 0 Å². The summed E-state index contributed by atoms with van der Waals surface area (Å²) in [6, 6.07) is 0.